The summed E-state index contributed by atoms with van der Waals surface area (Å²) >= 11 is 0. The zero-order chi connectivity index (χ0) is 16.5. The highest BCUT2D eigenvalue weighted by atomic mass is 16.3. The minimum absolute atomic E-state index is 0.0152. The minimum Gasteiger partial charge on any atom is -0.388 e. The summed E-state index contributed by atoms with van der Waals surface area (Å²) < 4.78 is 0. The van der Waals surface area contributed by atoms with Crippen molar-refractivity contribution < 1.29 is 9.90 Å². The van der Waals surface area contributed by atoms with E-state index in [-0.39, 0.29) is 17.2 Å². The first-order valence-corrected chi connectivity index (χ1v) is 8.83. The highest BCUT2D eigenvalue weighted by Crippen LogP contribution is 2.40. The van der Waals surface area contributed by atoms with Crippen LogP contribution in [0.1, 0.15) is 69.5 Å². The van der Waals surface area contributed by atoms with Crippen LogP contribution in [0.5, 0.6) is 0 Å². The number of pyridine rings is 1. The van der Waals surface area contributed by atoms with Gasteiger partial charge in [0.1, 0.15) is 0 Å². The molecule has 3 rings (SSSR count). The van der Waals surface area contributed by atoms with E-state index in [1.54, 1.807) is 6.20 Å². The summed E-state index contributed by atoms with van der Waals surface area (Å²) in [7, 11) is 0. The fourth-order valence-corrected chi connectivity index (χ4v) is 4.35. The first-order chi connectivity index (χ1) is 10.9. The maximum absolute atomic E-state index is 12.6. The van der Waals surface area contributed by atoms with Gasteiger partial charge in [-0.2, -0.15) is 0 Å². The molecule has 0 saturated heterocycles. The topological polar surface area (TPSA) is 62.2 Å². The maximum Gasteiger partial charge on any atom is 0.229 e. The van der Waals surface area contributed by atoms with Gasteiger partial charge in [0.25, 0.3) is 0 Å². The molecule has 1 aromatic heterocycles. The lowest BCUT2D eigenvalue weighted by Crippen LogP contribution is -2.49. The van der Waals surface area contributed by atoms with Crippen molar-refractivity contribution in [2.24, 2.45) is 5.41 Å². The Kier molecular flexibility index (Phi) is 4.45. The number of nitrogens with zero attached hydrogens (tertiary/aromatic N) is 1. The Labute approximate surface area is 138 Å². The summed E-state index contributed by atoms with van der Waals surface area (Å²) in [5, 5.41) is 13.8. The number of hydrogen-bond acceptors (Lipinski definition) is 3. The van der Waals surface area contributed by atoms with Gasteiger partial charge in [-0.3, -0.25) is 9.78 Å². The van der Waals surface area contributed by atoms with Gasteiger partial charge >= 0.3 is 0 Å². The number of aryl methyl sites for hydroxylation is 1. The molecule has 2 N–H and O–H groups in total. The maximum atomic E-state index is 12.6. The SMILES string of the molecule is CC1(C)CCC[C@@](O)(CNC(=O)[C@H]2CCCc3cccnc32)C1. The van der Waals surface area contributed by atoms with Crippen LogP contribution in [0.3, 0.4) is 0 Å². The standard InChI is InChI=1S/C19H28N2O2/c1-18(2)9-5-10-19(23,12-18)13-21-17(22)15-8-3-6-14-7-4-11-20-16(14)15/h4,7,11,15,23H,3,5-6,8-10,12-13H2,1-2H3,(H,21,22)/t15-,19-/m0/s1. The number of amides is 1. The van der Waals surface area contributed by atoms with E-state index < -0.39 is 5.60 Å². The van der Waals surface area contributed by atoms with Crippen molar-refractivity contribution in [3.8, 4) is 0 Å². The second kappa shape index (κ2) is 6.23. The van der Waals surface area contributed by atoms with Crippen LogP contribution in [0.4, 0.5) is 0 Å². The fourth-order valence-electron chi connectivity index (χ4n) is 4.35. The van der Waals surface area contributed by atoms with E-state index in [0.717, 1.165) is 50.6 Å². The van der Waals surface area contributed by atoms with Crippen LogP contribution in [0.2, 0.25) is 0 Å². The van der Waals surface area contributed by atoms with Crippen LogP contribution in [0, 0.1) is 5.41 Å². The molecule has 4 nitrogen and oxygen atoms in total. The van der Waals surface area contributed by atoms with Gasteiger partial charge in [-0.1, -0.05) is 19.9 Å². The molecule has 1 amide bonds. The van der Waals surface area contributed by atoms with Crippen LogP contribution < -0.4 is 5.32 Å². The van der Waals surface area contributed by atoms with Crippen LogP contribution in [-0.4, -0.2) is 28.1 Å². The monoisotopic (exact) mass is 316 g/mol. The molecule has 1 saturated carbocycles. The lowest BCUT2D eigenvalue weighted by molar-refractivity contribution is -0.125. The largest absolute Gasteiger partial charge is 0.388 e. The molecular weight excluding hydrogens is 288 g/mol. The molecular formula is C19H28N2O2. The first kappa shape index (κ1) is 16.4. The third-order valence-corrected chi connectivity index (χ3v) is 5.41. The van der Waals surface area contributed by atoms with E-state index in [1.165, 1.54) is 5.56 Å². The molecule has 1 aromatic rings. The van der Waals surface area contributed by atoms with Crippen LogP contribution in [0.15, 0.2) is 18.3 Å². The Morgan fingerprint density at radius 3 is 3.00 bits per heavy atom. The van der Waals surface area contributed by atoms with Gasteiger partial charge in [0.2, 0.25) is 5.91 Å². The molecule has 126 valence electrons. The zero-order valence-electron chi connectivity index (χ0n) is 14.3. The molecule has 4 heteroatoms. The van der Waals surface area contributed by atoms with Crippen molar-refractivity contribution in [3.05, 3.63) is 29.6 Å². The van der Waals surface area contributed by atoms with Crippen molar-refractivity contribution in [2.45, 2.75) is 70.3 Å². The smallest absolute Gasteiger partial charge is 0.229 e. The van der Waals surface area contributed by atoms with Crippen molar-refractivity contribution in [1.29, 1.82) is 0 Å². The lowest BCUT2D eigenvalue weighted by Gasteiger charge is -2.41. The lowest BCUT2D eigenvalue weighted by atomic mass is 9.70. The number of aromatic nitrogens is 1. The molecule has 2 atom stereocenters. The Morgan fingerprint density at radius 2 is 2.22 bits per heavy atom. The van der Waals surface area contributed by atoms with Gasteiger partial charge in [0.05, 0.1) is 17.2 Å². The van der Waals surface area contributed by atoms with Crippen LogP contribution in [0.25, 0.3) is 0 Å². The molecule has 0 radical (unpaired) electrons. The molecule has 0 unspecified atom stereocenters. The third-order valence-electron chi connectivity index (χ3n) is 5.41. The molecule has 0 spiro atoms. The third kappa shape index (κ3) is 3.74. The Balaban J connectivity index is 1.64. The molecule has 0 bridgehead atoms. The Bertz CT molecular complexity index is 584. The zero-order valence-corrected chi connectivity index (χ0v) is 14.3. The van der Waals surface area contributed by atoms with Crippen molar-refractivity contribution in [2.75, 3.05) is 6.54 Å². The van der Waals surface area contributed by atoms with Gasteiger partial charge in [0, 0.05) is 12.7 Å². The number of fused-ring (bicyclic) bond motifs is 1. The van der Waals surface area contributed by atoms with Gasteiger partial charge < -0.3 is 10.4 Å². The summed E-state index contributed by atoms with van der Waals surface area (Å²) in [5.74, 6) is -0.151. The minimum atomic E-state index is -0.765. The van der Waals surface area contributed by atoms with Crippen LogP contribution in [-0.2, 0) is 11.2 Å². The van der Waals surface area contributed by atoms with E-state index in [9.17, 15) is 9.90 Å². The molecule has 1 fully saturated rings. The average molecular weight is 316 g/mol. The highest BCUT2D eigenvalue weighted by molar-refractivity contribution is 5.83. The molecule has 1 heterocycles. The van der Waals surface area contributed by atoms with Gasteiger partial charge in [-0.25, -0.2) is 0 Å². The predicted octanol–water partition coefficient (Wildman–Crippen LogP) is 2.95. The normalized spacial score (nSPS) is 29.6. The Morgan fingerprint density at radius 1 is 1.39 bits per heavy atom. The first-order valence-electron chi connectivity index (χ1n) is 8.83. The number of nitrogens with one attached hydrogen (secondary N) is 1. The summed E-state index contributed by atoms with van der Waals surface area (Å²) in [6.45, 7) is 4.74. The molecule has 23 heavy (non-hydrogen) atoms. The number of carbonyl (C=O) groups is 1. The molecule has 2 aliphatic rings. The quantitative estimate of drug-likeness (QED) is 0.901. The fraction of sp³-hybridized carbons (Fsp3) is 0.684. The average Bonchev–Trinajstić information content (AvgIpc) is 2.51. The van der Waals surface area contributed by atoms with Crippen molar-refractivity contribution in [3.63, 3.8) is 0 Å². The van der Waals surface area contributed by atoms with Gasteiger partial charge in [-0.05, 0) is 62.0 Å². The summed E-state index contributed by atoms with van der Waals surface area (Å²) in [5.41, 5.74) is 1.50. The van der Waals surface area contributed by atoms with Crippen molar-refractivity contribution in [1.82, 2.24) is 10.3 Å². The Hall–Kier alpha value is -1.42. The van der Waals surface area contributed by atoms with Crippen molar-refractivity contribution >= 4 is 5.91 Å². The summed E-state index contributed by atoms with van der Waals surface area (Å²) in [6.07, 6.45) is 8.33. The summed E-state index contributed by atoms with van der Waals surface area (Å²) in [6, 6.07) is 4.00. The van der Waals surface area contributed by atoms with E-state index in [0.29, 0.717) is 6.54 Å². The molecule has 0 aromatic carbocycles. The highest BCUT2D eigenvalue weighted by Gasteiger charge is 2.39. The number of rotatable bonds is 3. The van der Waals surface area contributed by atoms with E-state index in [1.807, 2.05) is 6.07 Å². The molecule has 2 aliphatic carbocycles. The number of hydrogen-bond donors (Lipinski definition) is 2. The predicted molar refractivity (Wildman–Crippen MR) is 90.1 cm³/mol. The second-order valence-corrected chi connectivity index (χ2v) is 8.13. The van der Waals surface area contributed by atoms with E-state index in [2.05, 4.69) is 30.2 Å². The van der Waals surface area contributed by atoms with Crippen LogP contribution >= 0.6 is 0 Å². The summed E-state index contributed by atoms with van der Waals surface area (Å²) in [4.78, 5) is 17.1. The molecule has 0 aliphatic heterocycles. The second-order valence-electron chi connectivity index (χ2n) is 8.13. The number of aliphatic hydroxyl groups is 1. The van der Waals surface area contributed by atoms with Gasteiger partial charge in [-0.15, -0.1) is 0 Å². The van der Waals surface area contributed by atoms with E-state index in [4.69, 9.17) is 0 Å². The van der Waals surface area contributed by atoms with E-state index >= 15 is 0 Å². The number of carbonyl (C=O) groups excluding carboxylic acids is 1. The van der Waals surface area contributed by atoms with Gasteiger partial charge in [0.15, 0.2) is 0 Å².